The van der Waals surface area contributed by atoms with E-state index in [1.54, 1.807) is 11.3 Å². The smallest absolute Gasteiger partial charge is 0.123 e. The molecule has 0 saturated carbocycles. The molecule has 3 heteroatoms. The Morgan fingerprint density at radius 3 is 2.57 bits per heavy atom. The van der Waals surface area contributed by atoms with Gasteiger partial charge in [-0.05, 0) is 54.8 Å². The summed E-state index contributed by atoms with van der Waals surface area (Å²) in [7, 11) is 0. The number of anilines is 1. The molecule has 0 bridgehead atoms. The molecule has 106 valence electrons. The molecule has 2 aromatic carbocycles. The third-order valence-electron chi connectivity index (χ3n) is 3.76. The van der Waals surface area contributed by atoms with E-state index in [2.05, 4.69) is 66.6 Å². The van der Waals surface area contributed by atoms with Crippen LogP contribution in [0.15, 0.2) is 54.0 Å². The molecule has 0 unspecified atom stereocenters. The Kier molecular flexibility index (Phi) is 4.02. The SMILES string of the molecule is Cc1cccc(CNc2ccc(-c3nccs3)cc2)c1C. The van der Waals surface area contributed by atoms with Gasteiger partial charge in [-0.1, -0.05) is 18.2 Å². The van der Waals surface area contributed by atoms with Crippen molar-refractivity contribution in [3.05, 3.63) is 70.7 Å². The Balaban J connectivity index is 1.70. The molecule has 3 rings (SSSR count). The lowest BCUT2D eigenvalue weighted by Gasteiger charge is -2.11. The summed E-state index contributed by atoms with van der Waals surface area (Å²) in [5, 5.41) is 6.55. The molecular weight excluding hydrogens is 276 g/mol. The van der Waals surface area contributed by atoms with E-state index < -0.39 is 0 Å². The van der Waals surface area contributed by atoms with Gasteiger partial charge in [0.2, 0.25) is 0 Å². The number of benzene rings is 2. The summed E-state index contributed by atoms with van der Waals surface area (Å²) in [6, 6.07) is 14.9. The van der Waals surface area contributed by atoms with E-state index in [1.807, 2.05) is 11.6 Å². The zero-order valence-corrected chi connectivity index (χ0v) is 13.1. The van der Waals surface area contributed by atoms with Crippen molar-refractivity contribution < 1.29 is 0 Å². The third kappa shape index (κ3) is 3.14. The van der Waals surface area contributed by atoms with Gasteiger partial charge in [-0.25, -0.2) is 4.98 Å². The maximum atomic E-state index is 4.33. The number of nitrogens with one attached hydrogen (secondary N) is 1. The first kappa shape index (κ1) is 13.8. The van der Waals surface area contributed by atoms with Crippen molar-refractivity contribution in [2.45, 2.75) is 20.4 Å². The summed E-state index contributed by atoms with van der Waals surface area (Å²) in [5.41, 5.74) is 6.36. The fourth-order valence-corrected chi connectivity index (χ4v) is 2.94. The average molecular weight is 294 g/mol. The van der Waals surface area contributed by atoms with E-state index in [-0.39, 0.29) is 0 Å². The molecule has 0 amide bonds. The molecule has 2 nitrogen and oxygen atoms in total. The summed E-state index contributed by atoms with van der Waals surface area (Å²) in [4.78, 5) is 4.33. The van der Waals surface area contributed by atoms with E-state index >= 15 is 0 Å². The second kappa shape index (κ2) is 6.10. The highest BCUT2D eigenvalue weighted by molar-refractivity contribution is 7.13. The van der Waals surface area contributed by atoms with Crippen LogP contribution in [-0.2, 0) is 6.54 Å². The number of hydrogen-bond acceptors (Lipinski definition) is 3. The fourth-order valence-electron chi connectivity index (χ4n) is 2.30. The van der Waals surface area contributed by atoms with Gasteiger partial charge in [0.25, 0.3) is 0 Å². The highest BCUT2D eigenvalue weighted by atomic mass is 32.1. The summed E-state index contributed by atoms with van der Waals surface area (Å²) < 4.78 is 0. The monoisotopic (exact) mass is 294 g/mol. The number of aryl methyl sites for hydroxylation is 1. The van der Waals surface area contributed by atoms with Gasteiger partial charge in [0, 0.05) is 29.4 Å². The molecule has 0 aliphatic rings. The molecule has 1 heterocycles. The van der Waals surface area contributed by atoms with Crippen molar-refractivity contribution in [2.75, 3.05) is 5.32 Å². The molecule has 3 aromatic rings. The number of thiazole rings is 1. The Bertz CT molecular complexity index is 715. The van der Waals surface area contributed by atoms with Crippen LogP contribution in [0.2, 0.25) is 0 Å². The van der Waals surface area contributed by atoms with E-state index in [0.717, 1.165) is 17.2 Å². The van der Waals surface area contributed by atoms with Gasteiger partial charge in [0.05, 0.1) is 0 Å². The number of aromatic nitrogens is 1. The summed E-state index contributed by atoms with van der Waals surface area (Å²) in [5.74, 6) is 0. The lowest BCUT2D eigenvalue weighted by atomic mass is 10.0. The van der Waals surface area contributed by atoms with E-state index in [1.165, 1.54) is 22.3 Å². The molecule has 0 atom stereocenters. The van der Waals surface area contributed by atoms with Crippen molar-refractivity contribution in [3.8, 4) is 10.6 Å². The Morgan fingerprint density at radius 2 is 1.86 bits per heavy atom. The van der Waals surface area contributed by atoms with E-state index in [4.69, 9.17) is 0 Å². The van der Waals surface area contributed by atoms with Gasteiger partial charge < -0.3 is 5.32 Å². The van der Waals surface area contributed by atoms with Gasteiger partial charge in [0.1, 0.15) is 5.01 Å². The van der Waals surface area contributed by atoms with Gasteiger partial charge in [-0.15, -0.1) is 11.3 Å². The standard InChI is InChI=1S/C18H18N2S/c1-13-4-3-5-16(14(13)2)12-20-17-8-6-15(7-9-17)18-19-10-11-21-18/h3-11,20H,12H2,1-2H3. The molecular formula is C18H18N2S. The van der Waals surface area contributed by atoms with E-state index in [9.17, 15) is 0 Å². The zero-order chi connectivity index (χ0) is 14.7. The largest absolute Gasteiger partial charge is 0.381 e. The number of nitrogens with zero attached hydrogens (tertiary/aromatic N) is 1. The predicted octanol–water partition coefficient (Wildman–Crippen LogP) is 5.04. The molecule has 0 aliphatic heterocycles. The Hall–Kier alpha value is -2.13. The maximum absolute atomic E-state index is 4.33. The van der Waals surface area contributed by atoms with Crippen LogP contribution in [0.3, 0.4) is 0 Å². The van der Waals surface area contributed by atoms with E-state index in [0.29, 0.717) is 0 Å². The maximum Gasteiger partial charge on any atom is 0.123 e. The molecule has 21 heavy (non-hydrogen) atoms. The first-order valence-electron chi connectivity index (χ1n) is 7.03. The summed E-state index contributed by atoms with van der Waals surface area (Å²) in [6.07, 6.45) is 1.84. The van der Waals surface area contributed by atoms with Crippen molar-refractivity contribution in [1.82, 2.24) is 4.98 Å². The first-order valence-corrected chi connectivity index (χ1v) is 7.91. The van der Waals surface area contributed by atoms with Crippen LogP contribution >= 0.6 is 11.3 Å². The summed E-state index contributed by atoms with van der Waals surface area (Å²) >= 11 is 1.66. The Morgan fingerprint density at radius 1 is 1.05 bits per heavy atom. The van der Waals surface area contributed by atoms with Crippen LogP contribution in [0.1, 0.15) is 16.7 Å². The first-order chi connectivity index (χ1) is 10.2. The topological polar surface area (TPSA) is 24.9 Å². The van der Waals surface area contributed by atoms with Crippen molar-refractivity contribution in [1.29, 1.82) is 0 Å². The lowest BCUT2D eigenvalue weighted by molar-refractivity contribution is 1.10. The zero-order valence-electron chi connectivity index (χ0n) is 12.3. The second-order valence-electron chi connectivity index (χ2n) is 5.13. The molecule has 0 aliphatic carbocycles. The van der Waals surface area contributed by atoms with Gasteiger partial charge in [-0.2, -0.15) is 0 Å². The van der Waals surface area contributed by atoms with Crippen LogP contribution in [-0.4, -0.2) is 4.98 Å². The summed E-state index contributed by atoms with van der Waals surface area (Å²) in [6.45, 7) is 5.18. The van der Waals surface area contributed by atoms with Crippen LogP contribution in [0.4, 0.5) is 5.69 Å². The van der Waals surface area contributed by atoms with Crippen molar-refractivity contribution in [3.63, 3.8) is 0 Å². The number of hydrogen-bond donors (Lipinski definition) is 1. The highest BCUT2D eigenvalue weighted by Crippen LogP contribution is 2.23. The van der Waals surface area contributed by atoms with Crippen LogP contribution in [0.5, 0.6) is 0 Å². The minimum atomic E-state index is 0.851. The molecule has 0 saturated heterocycles. The second-order valence-corrected chi connectivity index (χ2v) is 6.02. The third-order valence-corrected chi connectivity index (χ3v) is 4.59. The van der Waals surface area contributed by atoms with Crippen molar-refractivity contribution >= 4 is 17.0 Å². The molecule has 1 N–H and O–H groups in total. The predicted molar refractivity (Wildman–Crippen MR) is 90.8 cm³/mol. The fraction of sp³-hybridized carbons (Fsp3) is 0.167. The normalized spacial score (nSPS) is 10.6. The van der Waals surface area contributed by atoms with Crippen LogP contribution in [0, 0.1) is 13.8 Å². The van der Waals surface area contributed by atoms with Gasteiger partial charge >= 0.3 is 0 Å². The van der Waals surface area contributed by atoms with Crippen LogP contribution in [0.25, 0.3) is 10.6 Å². The lowest BCUT2D eigenvalue weighted by Crippen LogP contribution is -2.02. The van der Waals surface area contributed by atoms with Gasteiger partial charge in [0.15, 0.2) is 0 Å². The molecule has 0 spiro atoms. The number of rotatable bonds is 4. The minimum Gasteiger partial charge on any atom is -0.381 e. The van der Waals surface area contributed by atoms with Crippen LogP contribution < -0.4 is 5.32 Å². The average Bonchev–Trinajstić information content (AvgIpc) is 3.04. The molecule has 0 radical (unpaired) electrons. The molecule has 1 aromatic heterocycles. The molecule has 0 fully saturated rings. The van der Waals surface area contributed by atoms with Gasteiger partial charge in [-0.3, -0.25) is 0 Å². The van der Waals surface area contributed by atoms with Crippen molar-refractivity contribution in [2.24, 2.45) is 0 Å². The highest BCUT2D eigenvalue weighted by Gasteiger charge is 2.02. The Labute approximate surface area is 129 Å². The quantitative estimate of drug-likeness (QED) is 0.729. The minimum absolute atomic E-state index is 0.851.